The van der Waals surface area contributed by atoms with E-state index in [2.05, 4.69) is 30.2 Å². The van der Waals surface area contributed by atoms with Crippen molar-refractivity contribution >= 4 is 46.2 Å². The molecule has 0 radical (unpaired) electrons. The van der Waals surface area contributed by atoms with Gasteiger partial charge in [-0.15, -0.1) is 10.1 Å². The van der Waals surface area contributed by atoms with Crippen molar-refractivity contribution in [2.45, 2.75) is 19.8 Å². The Kier molecular flexibility index (Phi) is 7.35. The number of aromatic nitrogens is 4. The summed E-state index contributed by atoms with van der Waals surface area (Å²) in [4.78, 5) is 54.2. The summed E-state index contributed by atoms with van der Waals surface area (Å²) in [5.74, 6) is -0.673. The Labute approximate surface area is 227 Å². The summed E-state index contributed by atoms with van der Waals surface area (Å²) in [6, 6.07) is 9.47. The van der Waals surface area contributed by atoms with Crippen LogP contribution >= 0.6 is 0 Å². The number of methoxy groups -OCH3 is 1. The third-order valence-corrected chi connectivity index (χ3v) is 6.52. The molecule has 4 heterocycles. The van der Waals surface area contributed by atoms with Gasteiger partial charge in [-0.1, -0.05) is 40.9 Å². The lowest BCUT2D eigenvalue weighted by Gasteiger charge is -2.29. The number of fused-ring (bicyclic) bond motifs is 1. The maximum atomic E-state index is 13.4. The number of piperidine rings is 1. The summed E-state index contributed by atoms with van der Waals surface area (Å²) in [6.45, 7) is 2.26. The molecule has 0 atom stereocenters. The van der Waals surface area contributed by atoms with E-state index >= 15 is 0 Å². The molecule has 0 spiro atoms. The van der Waals surface area contributed by atoms with Crippen molar-refractivity contribution in [1.82, 2.24) is 25.1 Å². The molecule has 1 amide bonds. The second-order valence-corrected chi connectivity index (χ2v) is 9.06. The van der Waals surface area contributed by atoms with Crippen LogP contribution in [0.1, 0.15) is 41.6 Å². The van der Waals surface area contributed by atoms with Gasteiger partial charge in [-0.05, 0) is 18.4 Å². The third kappa shape index (κ3) is 5.16. The normalized spacial score (nSPS) is 14.2. The summed E-state index contributed by atoms with van der Waals surface area (Å²) < 4.78 is 10.7. The summed E-state index contributed by atoms with van der Waals surface area (Å²) in [5, 5.41) is 6.76. The van der Waals surface area contributed by atoms with Crippen molar-refractivity contribution in [2.24, 2.45) is 10.7 Å². The fourth-order valence-corrected chi connectivity index (χ4v) is 4.67. The zero-order chi connectivity index (χ0) is 28.2. The molecule has 0 saturated carbocycles. The number of nitrogens with zero attached hydrogens (tertiary/aromatic N) is 4. The van der Waals surface area contributed by atoms with Crippen molar-refractivity contribution in [1.29, 1.82) is 0 Å². The summed E-state index contributed by atoms with van der Waals surface area (Å²) in [7, 11) is 1.46. The fraction of sp³-hybridized carbons (Fsp3) is 0.222. The molecule has 1 aromatic carbocycles. The highest BCUT2D eigenvalue weighted by Crippen LogP contribution is 2.33. The zero-order valence-electron chi connectivity index (χ0n) is 21.9. The number of aromatic amines is 2. The Hall–Kier alpha value is -5.33. The van der Waals surface area contributed by atoms with Crippen molar-refractivity contribution in [3.63, 3.8) is 0 Å². The van der Waals surface area contributed by atoms with Gasteiger partial charge in [-0.3, -0.25) is 9.59 Å². The Morgan fingerprint density at radius 3 is 2.62 bits per heavy atom. The van der Waals surface area contributed by atoms with Crippen LogP contribution in [0.4, 0.5) is 5.82 Å². The van der Waals surface area contributed by atoms with Crippen LogP contribution < -0.4 is 21.2 Å². The van der Waals surface area contributed by atoms with Gasteiger partial charge in [0, 0.05) is 31.8 Å². The molecule has 0 unspecified atom stereocenters. The van der Waals surface area contributed by atoms with Crippen molar-refractivity contribution in [3.8, 4) is 5.75 Å². The molecule has 1 fully saturated rings. The molecule has 13 nitrogen and oxygen atoms in total. The zero-order valence-corrected chi connectivity index (χ0v) is 21.9. The van der Waals surface area contributed by atoms with E-state index in [1.54, 1.807) is 6.92 Å². The lowest BCUT2D eigenvalue weighted by molar-refractivity contribution is -0.351. The van der Waals surface area contributed by atoms with E-state index in [9.17, 15) is 14.4 Å². The minimum atomic E-state index is -0.671. The minimum absolute atomic E-state index is 0.172. The lowest BCUT2D eigenvalue weighted by atomic mass is 9.92. The number of aliphatic imine (C=N–C) groups is 1. The number of likely N-dealkylation sites (tertiary alicyclic amines) is 1. The number of nitrogens with one attached hydrogen (secondary N) is 3. The lowest BCUT2D eigenvalue weighted by Crippen LogP contribution is -2.62. The highest BCUT2D eigenvalue weighted by Gasteiger charge is 2.31. The number of benzene rings is 1. The quantitative estimate of drug-likeness (QED) is 0.113. The SMILES string of the molecule is COc1cnc([NH+]=CN=C(C)N)c2[nH]cc(C(=O)C(=O)N3CCC(=C(c4ccccc4)c4n[nH]c(=O)o4)CC3)c12. The highest BCUT2D eigenvalue weighted by atomic mass is 16.5. The van der Waals surface area contributed by atoms with E-state index in [1.165, 1.54) is 30.7 Å². The summed E-state index contributed by atoms with van der Waals surface area (Å²) in [6.07, 6.45) is 5.27. The maximum absolute atomic E-state index is 13.4. The van der Waals surface area contributed by atoms with Gasteiger partial charge in [0.2, 0.25) is 12.2 Å². The molecule has 0 aliphatic carbocycles. The number of Topliss-reactive ketones (excluding diaryl/α,β-unsaturated/α-hetero) is 1. The second kappa shape index (κ2) is 11.2. The number of amidine groups is 1. The van der Waals surface area contributed by atoms with Gasteiger partial charge in [0.15, 0.2) is 11.6 Å². The number of carbonyl (C=O) groups excluding carboxylic acids is 2. The first-order valence-electron chi connectivity index (χ1n) is 12.5. The smallest absolute Gasteiger partial charge is 0.434 e. The predicted molar refractivity (Wildman–Crippen MR) is 146 cm³/mol. The van der Waals surface area contributed by atoms with Crippen LogP contribution in [0.25, 0.3) is 16.5 Å². The van der Waals surface area contributed by atoms with Gasteiger partial charge in [0.25, 0.3) is 17.5 Å². The van der Waals surface area contributed by atoms with E-state index in [1.807, 2.05) is 30.3 Å². The number of amides is 1. The van der Waals surface area contributed by atoms with Crippen LogP contribution in [-0.4, -0.2) is 69.1 Å². The number of ether oxygens (including phenoxy) is 1. The van der Waals surface area contributed by atoms with Gasteiger partial charge in [0.05, 0.1) is 18.1 Å². The van der Waals surface area contributed by atoms with Crippen LogP contribution in [0.3, 0.4) is 0 Å². The molecule has 5 rings (SSSR count). The standard InChI is InChI=1S/C27H26N8O5/c1-15(28)31-14-32-24-22-21(19(39-2)13-30-24)18(12-29-22)23(36)26(37)35-10-8-17(9-11-35)20(16-6-4-3-5-7-16)25-33-34-27(38)40-25/h3-7,12-14,29H,8-11H2,1-2H3,(H,34,38)(H2,28,30,31,32)/p+1. The molecular weight excluding hydrogens is 516 g/mol. The van der Waals surface area contributed by atoms with Crippen molar-refractivity contribution in [3.05, 3.63) is 75.9 Å². The number of H-pyrrole nitrogens is 2. The molecule has 40 heavy (non-hydrogen) atoms. The molecule has 1 aliphatic rings. The molecule has 13 heteroatoms. The van der Waals surface area contributed by atoms with Gasteiger partial charge < -0.3 is 24.8 Å². The van der Waals surface area contributed by atoms with Crippen LogP contribution in [-0.2, 0) is 4.79 Å². The second-order valence-electron chi connectivity index (χ2n) is 9.06. The molecule has 1 aliphatic heterocycles. The van der Waals surface area contributed by atoms with E-state index in [4.69, 9.17) is 14.9 Å². The van der Waals surface area contributed by atoms with Gasteiger partial charge in [-0.25, -0.2) is 14.9 Å². The van der Waals surface area contributed by atoms with Gasteiger partial charge >= 0.3 is 5.76 Å². The predicted octanol–water partition coefficient (Wildman–Crippen LogP) is 0.673. The molecular formula is C27H27N8O5+. The molecule has 0 bridgehead atoms. The van der Waals surface area contributed by atoms with E-state index < -0.39 is 17.4 Å². The number of pyridine rings is 1. The largest absolute Gasteiger partial charge is 0.493 e. The van der Waals surface area contributed by atoms with Gasteiger partial charge in [0.1, 0.15) is 11.7 Å². The van der Waals surface area contributed by atoms with Crippen LogP contribution in [0.5, 0.6) is 5.75 Å². The summed E-state index contributed by atoms with van der Waals surface area (Å²) >= 11 is 0. The Morgan fingerprint density at radius 2 is 1.98 bits per heavy atom. The molecule has 1 saturated heterocycles. The number of nitrogens with two attached hydrogens (primary N) is 1. The van der Waals surface area contributed by atoms with Crippen molar-refractivity contribution in [2.75, 3.05) is 20.2 Å². The average molecular weight is 544 g/mol. The molecule has 5 N–H and O–H groups in total. The molecule has 4 aromatic rings. The maximum Gasteiger partial charge on any atom is 0.434 e. The molecule has 204 valence electrons. The van der Waals surface area contributed by atoms with Gasteiger partial charge in [-0.2, -0.15) is 0 Å². The summed E-state index contributed by atoms with van der Waals surface area (Å²) in [5.41, 5.74) is 8.74. The number of rotatable bonds is 7. The Balaban J connectivity index is 1.41. The van der Waals surface area contributed by atoms with E-state index in [-0.39, 0.29) is 11.5 Å². The number of carbonyl (C=O) groups is 2. The fourth-order valence-electron chi connectivity index (χ4n) is 4.67. The first kappa shape index (κ1) is 26.3. The van der Waals surface area contributed by atoms with Crippen molar-refractivity contribution < 1.29 is 23.7 Å². The van der Waals surface area contributed by atoms with Crippen LogP contribution in [0.2, 0.25) is 0 Å². The average Bonchev–Trinajstić information content (AvgIpc) is 3.60. The highest BCUT2D eigenvalue weighted by molar-refractivity contribution is 6.45. The minimum Gasteiger partial charge on any atom is -0.493 e. The number of hydrogen-bond acceptors (Lipinski definition) is 7. The monoisotopic (exact) mass is 543 g/mol. The van der Waals surface area contributed by atoms with E-state index in [0.29, 0.717) is 59.8 Å². The number of ketones is 1. The molecule has 3 aromatic heterocycles. The van der Waals surface area contributed by atoms with E-state index in [0.717, 1.165) is 11.1 Å². The van der Waals surface area contributed by atoms with Crippen LogP contribution in [0.15, 0.2) is 62.5 Å². The number of hydrogen-bond donors (Lipinski definition) is 4. The third-order valence-electron chi connectivity index (χ3n) is 6.52. The Bertz CT molecular complexity index is 1710. The first-order chi connectivity index (χ1) is 19.4. The van der Waals surface area contributed by atoms with Crippen LogP contribution in [0, 0.1) is 0 Å². The Morgan fingerprint density at radius 1 is 1.23 bits per heavy atom. The topological polar surface area (TPSA) is 187 Å². The first-order valence-corrected chi connectivity index (χ1v) is 12.5.